The summed E-state index contributed by atoms with van der Waals surface area (Å²) in [6.45, 7) is 3.27. The third-order valence-corrected chi connectivity index (χ3v) is 3.79. The zero-order valence-corrected chi connectivity index (χ0v) is 11.5. The smallest absolute Gasteiger partial charge is 0.118 e. The van der Waals surface area contributed by atoms with E-state index >= 15 is 0 Å². The van der Waals surface area contributed by atoms with E-state index in [1.165, 1.54) is 31.4 Å². The van der Waals surface area contributed by atoms with E-state index in [1.54, 1.807) is 7.11 Å². The van der Waals surface area contributed by atoms with Crippen LogP contribution in [0, 0.1) is 0 Å². The van der Waals surface area contributed by atoms with Crippen molar-refractivity contribution in [3.05, 3.63) is 29.8 Å². The average molecular weight is 248 g/mol. The number of methoxy groups -OCH3 is 1. The van der Waals surface area contributed by atoms with Crippen molar-refractivity contribution in [2.45, 2.75) is 31.8 Å². The van der Waals surface area contributed by atoms with Gasteiger partial charge >= 0.3 is 0 Å². The van der Waals surface area contributed by atoms with Gasteiger partial charge in [-0.1, -0.05) is 18.6 Å². The Labute approximate surface area is 110 Å². The molecule has 1 atom stereocenters. The van der Waals surface area contributed by atoms with Crippen molar-refractivity contribution in [1.29, 1.82) is 0 Å². The summed E-state index contributed by atoms with van der Waals surface area (Å²) in [6, 6.07) is 8.98. The first kappa shape index (κ1) is 13.4. The quantitative estimate of drug-likeness (QED) is 0.865. The lowest BCUT2D eigenvalue weighted by atomic mass is 10.0. The van der Waals surface area contributed by atoms with Gasteiger partial charge in [-0.3, -0.25) is 0 Å². The van der Waals surface area contributed by atoms with E-state index in [4.69, 9.17) is 4.74 Å². The number of piperidine rings is 1. The van der Waals surface area contributed by atoms with Gasteiger partial charge in [0.25, 0.3) is 0 Å². The third-order valence-electron chi connectivity index (χ3n) is 3.79. The second-order valence-electron chi connectivity index (χ2n) is 5.11. The van der Waals surface area contributed by atoms with Gasteiger partial charge in [0, 0.05) is 19.1 Å². The normalized spacial score (nSPS) is 20.9. The van der Waals surface area contributed by atoms with Gasteiger partial charge in [-0.05, 0) is 44.1 Å². The molecule has 0 amide bonds. The van der Waals surface area contributed by atoms with Crippen molar-refractivity contribution in [3.63, 3.8) is 0 Å². The lowest BCUT2D eigenvalue weighted by Crippen LogP contribution is -2.42. The minimum Gasteiger partial charge on any atom is -0.497 e. The van der Waals surface area contributed by atoms with Gasteiger partial charge < -0.3 is 15.0 Å². The van der Waals surface area contributed by atoms with Crippen LogP contribution < -0.4 is 10.1 Å². The third kappa shape index (κ3) is 3.72. The molecule has 100 valence electrons. The molecule has 0 radical (unpaired) electrons. The first-order valence-corrected chi connectivity index (χ1v) is 6.83. The van der Waals surface area contributed by atoms with Crippen molar-refractivity contribution in [1.82, 2.24) is 10.2 Å². The summed E-state index contributed by atoms with van der Waals surface area (Å²) in [7, 11) is 3.94. The van der Waals surface area contributed by atoms with Crippen LogP contribution in [0.25, 0.3) is 0 Å². The number of nitrogens with one attached hydrogen (secondary N) is 1. The van der Waals surface area contributed by atoms with Gasteiger partial charge in [-0.25, -0.2) is 0 Å². The van der Waals surface area contributed by atoms with Gasteiger partial charge in [0.2, 0.25) is 0 Å². The van der Waals surface area contributed by atoms with Crippen LogP contribution in [-0.2, 0) is 6.54 Å². The van der Waals surface area contributed by atoms with Crippen LogP contribution in [0.1, 0.15) is 24.8 Å². The van der Waals surface area contributed by atoms with E-state index < -0.39 is 0 Å². The summed E-state index contributed by atoms with van der Waals surface area (Å²) in [6.07, 6.45) is 4.05. The van der Waals surface area contributed by atoms with Crippen molar-refractivity contribution in [3.8, 4) is 5.75 Å². The molecule has 0 aliphatic carbocycles. The fourth-order valence-electron chi connectivity index (χ4n) is 2.53. The molecule has 0 aromatic heterocycles. The number of likely N-dealkylation sites (tertiary alicyclic amines) is 1. The molecule has 1 aromatic carbocycles. The van der Waals surface area contributed by atoms with E-state index in [-0.39, 0.29) is 0 Å². The molecule has 1 heterocycles. The van der Waals surface area contributed by atoms with E-state index in [0.29, 0.717) is 6.04 Å². The van der Waals surface area contributed by atoms with Crippen LogP contribution in [0.5, 0.6) is 5.75 Å². The Morgan fingerprint density at radius 1 is 1.28 bits per heavy atom. The van der Waals surface area contributed by atoms with Crippen LogP contribution in [0.3, 0.4) is 0 Å². The minimum absolute atomic E-state index is 0.706. The molecule has 0 spiro atoms. The van der Waals surface area contributed by atoms with Crippen LogP contribution in [-0.4, -0.2) is 38.2 Å². The largest absolute Gasteiger partial charge is 0.497 e. The number of nitrogens with zero attached hydrogens (tertiary/aromatic N) is 1. The predicted molar refractivity (Wildman–Crippen MR) is 75.0 cm³/mol. The highest BCUT2D eigenvalue weighted by molar-refractivity contribution is 5.26. The Hall–Kier alpha value is -1.06. The zero-order valence-electron chi connectivity index (χ0n) is 11.5. The first-order chi connectivity index (χ1) is 8.79. The number of benzene rings is 1. The van der Waals surface area contributed by atoms with Gasteiger partial charge in [0.1, 0.15) is 5.75 Å². The Balaban J connectivity index is 1.73. The maximum atomic E-state index is 5.16. The summed E-state index contributed by atoms with van der Waals surface area (Å²) >= 11 is 0. The SMILES string of the molecule is COc1ccc(CNCC2CCCCN2C)cc1. The molecule has 1 saturated heterocycles. The second kappa shape index (κ2) is 6.76. The number of rotatable bonds is 5. The first-order valence-electron chi connectivity index (χ1n) is 6.83. The minimum atomic E-state index is 0.706. The molecule has 1 aliphatic heterocycles. The molecule has 1 fully saturated rings. The highest BCUT2D eigenvalue weighted by Gasteiger charge is 2.17. The van der Waals surface area contributed by atoms with Crippen molar-refractivity contribution < 1.29 is 4.74 Å². The Morgan fingerprint density at radius 3 is 2.72 bits per heavy atom. The molecule has 3 nitrogen and oxygen atoms in total. The second-order valence-corrected chi connectivity index (χ2v) is 5.11. The van der Waals surface area contributed by atoms with Gasteiger partial charge in [-0.15, -0.1) is 0 Å². The fourth-order valence-corrected chi connectivity index (χ4v) is 2.53. The molecule has 1 N–H and O–H groups in total. The topological polar surface area (TPSA) is 24.5 Å². The molecule has 1 aliphatic rings. The van der Waals surface area contributed by atoms with E-state index in [2.05, 4.69) is 29.4 Å². The summed E-state index contributed by atoms with van der Waals surface area (Å²) < 4.78 is 5.16. The monoisotopic (exact) mass is 248 g/mol. The molecule has 18 heavy (non-hydrogen) atoms. The summed E-state index contributed by atoms with van der Waals surface area (Å²) in [5.74, 6) is 0.922. The summed E-state index contributed by atoms with van der Waals surface area (Å²) in [5.41, 5.74) is 1.31. The van der Waals surface area contributed by atoms with E-state index in [0.717, 1.165) is 18.8 Å². The van der Waals surface area contributed by atoms with Crippen molar-refractivity contribution in [2.24, 2.45) is 0 Å². The standard InChI is InChI=1S/C15H24N2O/c1-17-10-4-3-5-14(17)12-16-11-13-6-8-15(18-2)9-7-13/h6-9,14,16H,3-5,10-12H2,1-2H3. The zero-order chi connectivity index (χ0) is 12.8. The predicted octanol–water partition coefficient (Wildman–Crippen LogP) is 2.27. The lowest BCUT2D eigenvalue weighted by molar-refractivity contribution is 0.181. The fraction of sp³-hybridized carbons (Fsp3) is 0.600. The molecular formula is C15H24N2O. The molecule has 2 rings (SSSR count). The van der Waals surface area contributed by atoms with Gasteiger partial charge in [-0.2, -0.15) is 0 Å². The maximum Gasteiger partial charge on any atom is 0.118 e. The maximum absolute atomic E-state index is 5.16. The lowest BCUT2D eigenvalue weighted by Gasteiger charge is -2.32. The number of ether oxygens (including phenoxy) is 1. The molecule has 1 aromatic rings. The molecule has 0 saturated carbocycles. The van der Waals surface area contributed by atoms with Gasteiger partial charge in [0.15, 0.2) is 0 Å². The Kier molecular flexibility index (Phi) is 5.02. The van der Waals surface area contributed by atoms with Crippen molar-refractivity contribution in [2.75, 3.05) is 27.2 Å². The number of hydrogen-bond acceptors (Lipinski definition) is 3. The van der Waals surface area contributed by atoms with Crippen LogP contribution in [0.15, 0.2) is 24.3 Å². The van der Waals surface area contributed by atoms with Gasteiger partial charge in [0.05, 0.1) is 7.11 Å². The number of hydrogen-bond donors (Lipinski definition) is 1. The molecule has 1 unspecified atom stereocenters. The average Bonchev–Trinajstić information content (AvgIpc) is 2.42. The highest BCUT2D eigenvalue weighted by Crippen LogP contribution is 2.14. The molecular weight excluding hydrogens is 224 g/mol. The molecule has 3 heteroatoms. The van der Waals surface area contributed by atoms with E-state index in [9.17, 15) is 0 Å². The number of likely N-dealkylation sites (N-methyl/N-ethyl adjacent to an activating group) is 1. The highest BCUT2D eigenvalue weighted by atomic mass is 16.5. The van der Waals surface area contributed by atoms with Crippen LogP contribution >= 0.6 is 0 Å². The van der Waals surface area contributed by atoms with Crippen LogP contribution in [0.2, 0.25) is 0 Å². The summed E-state index contributed by atoms with van der Waals surface area (Å²) in [4.78, 5) is 2.48. The van der Waals surface area contributed by atoms with Crippen molar-refractivity contribution >= 4 is 0 Å². The Bertz CT molecular complexity index is 350. The summed E-state index contributed by atoms with van der Waals surface area (Å²) in [5, 5.41) is 3.56. The van der Waals surface area contributed by atoms with E-state index in [1.807, 2.05) is 12.1 Å². The molecule has 0 bridgehead atoms. The Morgan fingerprint density at radius 2 is 2.06 bits per heavy atom. The van der Waals surface area contributed by atoms with Crippen LogP contribution in [0.4, 0.5) is 0 Å².